The van der Waals surface area contributed by atoms with Crippen LogP contribution in [0.1, 0.15) is 34.6 Å². The van der Waals surface area contributed by atoms with Gasteiger partial charge in [-0.3, -0.25) is 4.79 Å². The van der Waals surface area contributed by atoms with Gasteiger partial charge in [0.05, 0.1) is 35.3 Å². The summed E-state index contributed by atoms with van der Waals surface area (Å²) in [6, 6.07) is 8.13. The van der Waals surface area contributed by atoms with E-state index in [2.05, 4.69) is 5.32 Å². The first kappa shape index (κ1) is 21.2. The predicted octanol–water partition coefficient (Wildman–Crippen LogP) is 1.50. The van der Waals surface area contributed by atoms with Gasteiger partial charge in [0.1, 0.15) is 0 Å². The second-order valence-electron chi connectivity index (χ2n) is 5.72. The number of hydrogen-bond acceptors (Lipinski definition) is 7. The number of aromatic carboxylic acids is 1. The third-order valence-corrected chi connectivity index (χ3v) is 4.84. The lowest BCUT2D eigenvalue weighted by molar-refractivity contribution is -0.254. The molecule has 0 aromatic heterocycles. The van der Waals surface area contributed by atoms with E-state index in [-0.39, 0.29) is 46.4 Å². The molecule has 0 fully saturated rings. The summed E-state index contributed by atoms with van der Waals surface area (Å²) >= 11 is 0. The van der Waals surface area contributed by atoms with E-state index in [9.17, 15) is 23.1 Å². The zero-order chi connectivity index (χ0) is 20.9. The number of benzene rings is 2. The van der Waals surface area contributed by atoms with Gasteiger partial charge in [-0.25, -0.2) is 8.42 Å². The van der Waals surface area contributed by atoms with Crippen LogP contribution in [0.2, 0.25) is 0 Å². The molecule has 0 aliphatic rings. The molecule has 0 unspecified atom stereocenters. The Hall–Kier alpha value is -3.07. The van der Waals surface area contributed by atoms with Gasteiger partial charge in [0, 0.05) is 17.9 Å². The first-order valence-corrected chi connectivity index (χ1v) is 10.3. The van der Waals surface area contributed by atoms with E-state index in [1.165, 1.54) is 36.4 Å². The minimum absolute atomic E-state index is 0.0970. The maximum atomic E-state index is 12.7. The Morgan fingerprint density at radius 2 is 1.57 bits per heavy atom. The number of carboxylic acids is 1. The summed E-state index contributed by atoms with van der Waals surface area (Å²) in [4.78, 5) is 24.0. The van der Waals surface area contributed by atoms with Gasteiger partial charge in [0.15, 0.2) is 21.3 Å². The van der Waals surface area contributed by atoms with Crippen LogP contribution in [0.25, 0.3) is 0 Å². The second kappa shape index (κ2) is 8.75. The molecule has 0 aliphatic carbocycles. The fourth-order valence-corrected chi connectivity index (χ4v) is 3.42. The van der Waals surface area contributed by atoms with Gasteiger partial charge in [-0.05, 0) is 32.0 Å². The van der Waals surface area contributed by atoms with Crippen molar-refractivity contribution in [3.05, 3.63) is 47.5 Å². The number of rotatable bonds is 8. The number of amides is 1. The van der Waals surface area contributed by atoms with Crippen LogP contribution >= 0.6 is 0 Å². The van der Waals surface area contributed by atoms with E-state index >= 15 is 0 Å². The number of nitrogens with one attached hydrogen (secondary N) is 1. The molecular weight excluding hydrogens is 386 g/mol. The maximum Gasteiger partial charge on any atom is 0.257 e. The molecule has 0 atom stereocenters. The number of sulfone groups is 1. The number of ether oxygens (including phenoxy) is 2. The van der Waals surface area contributed by atoms with Crippen LogP contribution in [0, 0.1) is 0 Å². The molecule has 8 nitrogen and oxygen atoms in total. The number of hydrogen-bond donors (Lipinski definition) is 1. The van der Waals surface area contributed by atoms with Gasteiger partial charge >= 0.3 is 0 Å². The van der Waals surface area contributed by atoms with Gasteiger partial charge < -0.3 is 24.7 Å². The number of carbonyl (C=O) groups excluding carboxylic acids is 2. The molecule has 2 rings (SSSR count). The third-order valence-electron chi connectivity index (χ3n) is 3.68. The van der Waals surface area contributed by atoms with Crippen molar-refractivity contribution >= 4 is 27.4 Å². The van der Waals surface area contributed by atoms with Crippen LogP contribution in [-0.4, -0.2) is 39.8 Å². The first-order chi connectivity index (χ1) is 13.2. The first-order valence-electron chi connectivity index (χ1n) is 8.44. The fraction of sp³-hybridized carbons (Fsp3) is 0.263. The van der Waals surface area contributed by atoms with Gasteiger partial charge in [0.2, 0.25) is 0 Å². The number of carbonyl (C=O) groups is 2. The van der Waals surface area contributed by atoms with Crippen molar-refractivity contribution in [1.82, 2.24) is 0 Å². The van der Waals surface area contributed by atoms with E-state index in [4.69, 9.17) is 9.47 Å². The van der Waals surface area contributed by atoms with Crippen molar-refractivity contribution < 1.29 is 32.6 Å². The molecule has 0 bridgehead atoms. The monoisotopic (exact) mass is 406 g/mol. The van der Waals surface area contributed by atoms with Gasteiger partial charge in [-0.15, -0.1) is 0 Å². The third kappa shape index (κ3) is 4.80. The Bertz CT molecular complexity index is 999. The summed E-state index contributed by atoms with van der Waals surface area (Å²) in [7, 11) is -3.66. The predicted molar refractivity (Wildman–Crippen MR) is 101 cm³/mol. The van der Waals surface area contributed by atoms with Crippen LogP contribution in [0.4, 0.5) is 5.69 Å². The molecule has 28 heavy (non-hydrogen) atoms. The summed E-state index contributed by atoms with van der Waals surface area (Å²) in [5.74, 6) is -1.88. The van der Waals surface area contributed by atoms with Crippen LogP contribution in [0.5, 0.6) is 11.5 Å². The topological polar surface area (TPSA) is 122 Å². The van der Waals surface area contributed by atoms with E-state index in [1.807, 2.05) is 0 Å². The molecular formula is C19H20NO7S-. The normalized spacial score (nSPS) is 11.0. The molecule has 0 heterocycles. The Morgan fingerprint density at radius 3 is 2.11 bits per heavy atom. The van der Waals surface area contributed by atoms with Crippen molar-refractivity contribution in [2.45, 2.75) is 18.7 Å². The van der Waals surface area contributed by atoms with Crippen molar-refractivity contribution in [2.24, 2.45) is 0 Å². The quantitative estimate of drug-likeness (QED) is 0.705. The summed E-state index contributed by atoms with van der Waals surface area (Å²) in [5, 5.41) is 14.0. The average molecular weight is 406 g/mol. The summed E-state index contributed by atoms with van der Waals surface area (Å²) in [6.45, 7) is 4.03. The van der Waals surface area contributed by atoms with Gasteiger partial charge in [-0.1, -0.05) is 12.1 Å². The summed E-state index contributed by atoms with van der Waals surface area (Å²) in [5.41, 5.74) is -0.529. The summed E-state index contributed by atoms with van der Waals surface area (Å²) < 4.78 is 34.7. The molecule has 9 heteroatoms. The van der Waals surface area contributed by atoms with Crippen LogP contribution in [0.3, 0.4) is 0 Å². The van der Waals surface area contributed by atoms with Crippen LogP contribution in [-0.2, 0) is 9.84 Å². The average Bonchev–Trinajstić information content (AvgIpc) is 2.63. The fourth-order valence-electron chi connectivity index (χ4n) is 2.54. The highest BCUT2D eigenvalue weighted by Crippen LogP contribution is 2.34. The molecule has 150 valence electrons. The molecule has 1 N–H and O–H groups in total. The maximum absolute atomic E-state index is 12.7. The Kier molecular flexibility index (Phi) is 6.63. The lowest BCUT2D eigenvalue weighted by Gasteiger charge is -2.18. The highest BCUT2D eigenvalue weighted by atomic mass is 32.2. The van der Waals surface area contributed by atoms with E-state index in [0.29, 0.717) is 0 Å². The zero-order valence-corrected chi connectivity index (χ0v) is 16.5. The van der Waals surface area contributed by atoms with E-state index in [0.717, 1.165) is 6.26 Å². The standard InChI is InChI=1S/C19H21NO7S/c1-4-26-15-10-13(19(22)23)14(11-16(15)27-5-2)20-18(21)12-8-6-7-9-17(12)28(3,24)25/h6-11H,4-5H2,1-3H3,(H,20,21)(H,22,23)/p-1. The molecule has 0 saturated heterocycles. The SMILES string of the molecule is CCOc1cc(NC(=O)c2ccccc2S(C)(=O)=O)c(C(=O)[O-])cc1OCC. The highest BCUT2D eigenvalue weighted by molar-refractivity contribution is 7.90. The second-order valence-corrected chi connectivity index (χ2v) is 7.70. The van der Waals surface area contributed by atoms with Gasteiger partial charge in [-0.2, -0.15) is 0 Å². The molecule has 0 saturated carbocycles. The number of carboxylic acid groups (broad SMARTS) is 1. The smallest absolute Gasteiger partial charge is 0.257 e. The molecule has 0 spiro atoms. The number of anilines is 1. The van der Waals surface area contributed by atoms with Crippen molar-refractivity contribution in [1.29, 1.82) is 0 Å². The van der Waals surface area contributed by atoms with E-state index in [1.54, 1.807) is 13.8 Å². The minimum atomic E-state index is -3.66. The Morgan fingerprint density at radius 1 is 1.00 bits per heavy atom. The van der Waals surface area contributed by atoms with Crippen molar-refractivity contribution in [3.63, 3.8) is 0 Å². The Labute approximate surface area is 163 Å². The molecule has 2 aromatic rings. The lowest BCUT2D eigenvalue weighted by Crippen LogP contribution is -2.25. The minimum Gasteiger partial charge on any atom is -0.545 e. The van der Waals surface area contributed by atoms with Crippen molar-refractivity contribution in [3.8, 4) is 11.5 Å². The highest BCUT2D eigenvalue weighted by Gasteiger charge is 2.20. The lowest BCUT2D eigenvalue weighted by atomic mass is 10.1. The largest absolute Gasteiger partial charge is 0.545 e. The Balaban J connectivity index is 2.52. The van der Waals surface area contributed by atoms with Crippen LogP contribution in [0.15, 0.2) is 41.3 Å². The zero-order valence-electron chi connectivity index (χ0n) is 15.6. The molecule has 0 aliphatic heterocycles. The van der Waals surface area contributed by atoms with E-state index < -0.39 is 21.7 Å². The van der Waals surface area contributed by atoms with Gasteiger partial charge in [0.25, 0.3) is 5.91 Å². The molecule has 2 aromatic carbocycles. The van der Waals surface area contributed by atoms with Crippen LogP contribution < -0.4 is 19.9 Å². The summed E-state index contributed by atoms with van der Waals surface area (Å²) in [6.07, 6.45) is 0.982. The molecule has 0 radical (unpaired) electrons. The molecule has 1 amide bonds. The van der Waals surface area contributed by atoms with Crippen molar-refractivity contribution in [2.75, 3.05) is 24.8 Å².